The Morgan fingerprint density at radius 2 is 1.86 bits per heavy atom. The van der Waals surface area contributed by atoms with Crippen LogP contribution in [0.3, 0.4) is 0 Å². The number of carbonyl (C=O) groups excluding carboxylic acids is 5. The summed E-state index contributed by atoms with van der Waals surface area (Å²) in [6.07, 6.45) is -0.588. The highest BCUT2D eigenvalue weighted by Crippen LogP contribution is 2.32. The molecule has 2 heterocycles. The standard InChI is InChI=1S/C22H26F2N4O7/c1-34-15-5-3-12(7-16(15)35-2)9-25-21(33)19(31)14-8-22(23,24)11-28(14)18(30)10-26-20(32)13-4-6-17(29)27-13/h3,5,7,13-14H,4,6,8-11H2,1-2H3,(H,25,33)(H,26,32)(H,27,29)/t13-,14-/m0/s1. The third kappa shape index (κ3) is 6.22. The number of nitrogens with one attached hydrogen (secondary N) is 3. The number of likely N-dealkylation sites (tertiary alicyclic amines) is 1. The number of halogens is 2. The second-order valence-electron chi connectivity index (χ2n) is 8.21. The van der Waals surface area contributed by atoms with Gasteiger partial charge < -0.3 is 30.3 Å². The smallest absolute Gasteiger partial charge is 0.289 e. The number of ether oxygens (including phenoxy) is 2. The van der Waals surface area contributed by atoms with Crippen molar-refractivity contribution in [3.05, 3.63) is 23.8 Å². The number of hydrogen-bond acceptors (Lipinski definition) is 7. The van der Waals surface area contributed by atoms with Gasteiger partial charge in [-0.3, -0.25) is 24.0 Å². The molecule has 0 saturated carbocycles. The number of rotatable bonds is 9. The fraction of sp³-hybridized carbons (Fsp3) is 0.500. The molecule has 2 aliphatic rings. The lowest BCUT2D eigenvalue weighted by Crippen LogP contribution is -2.51. The zero-order valence-electron chi connectivity index (χ0n) is 19.2. The van der Waals surface area contributed by atoms with E-state index in [2.05, 4.69) is 16.0 Å². The molecule has 0 aromatic heterocycles. The lowest BCUT2D eigenvalue weighted by atomic mass is 10.1. The van der Waals surface area contributed by atoms with Crippen molar-refractivity contribution in [3.63, 3.8) is 0 Å². The maximum atomic E-state index is 14.1. The molecule has 2 aliphatic heterocycles. The molecule has 0 radical (unpaired) electrons. The predicted octanol–water partition coefficient (Wildman–Crippen LogP) is -0.480. The molecule has 2 fully saturated rings. The Kier molecular flexibility index (Phi) is 7.87. The molecule has 190 valence electrons. The van der Waals surface area contributed by atoms with E-state index in [1.807, 2.05) is 0 Å². The fourth-order valence-electron chi connectivity index (χ4n) is 3.92. The van der Waals surface area contributed by atoms with Gasteiger partial charge in [0.2, 0.25) is 23.5 Å². The van der Waals surface area contributed by atoms with Crippen molar-refractivity contribution in [2.75, 3.05) is 27.3 Å². The third-order valence-corrected chi connectivity index (χ3v) is 5.74. The van der Waals surface area contributed by atoms with Gasteiger partial charge in [-0.1, -0.05) is 6.07 Å². The van der Waals surface area contributed by atoms with Crippen molar-refractivity contribution in [1.29, 1.82) is 0 Å². The summed E-state index contributed by atoms with van der Waals surface area (Å²) in [6.45, 7) is -1.80. The van der Waals surface area contributed by atoms with Crippen LogP contribution in [-0.4, -0.2) is 79.6 Å². The van der Waals surface area contributed by atoms with Crippen LogP contribution in [0.2, 0.25) is 0 Å². The van der Waals surface area contributed by atoms with Crippen molar-refractivity contribution in [2.24, 2.45) is 0 Å². The Bertz CT molecular complexity index is 1030. The Labute approximate surface area is 199 Å². The zero-order valence-corrected chi connectivity index (χ0v) is 19.2. The Balaban J connectivity index is 1.59. The molecule has 11 nitrogen and oxygen atoms in total. The minimum absolute atomic E-state index is 0.0921. The number of nitrogens with zero attached hydrogens (tertiary/aromatic N) is 1. The number of methoxy groups -OCH3 is 2. The molecule has 13 heteroatoms. The summed E-state index contributed by atoms with van der Waals surface area (Å²) in [4.78, 5) is 61.5. The van der Waals surface area contributed by atoms with Gasteiger partial charge in [-0.15, -0.1) is 0 Å². The average Bonchev–Trinajstić information content (AvgIpc) is 3.42. The first kappa shape index (κ1) is 25.8. The van der Waals surface area contributed by atoms with Crippen LogP contribution in [0.1, 0.15) is 24.8 Å². The molecular formula is C22H26F2N4O7. The summed E-state index contributed by atoms with van der Waals surface area (Å²) >= 11 is 0. The molecule has 1 aromatic rings. The van der Waals surface area contributed by atoms with E-state index in [1.54, 1.807) is 18.2 Å². The number of amides is 4. The molecule has 1 aromatic carbocycles. The highest BCUT2D eigenvalue weighted by atomic mass is 19.3. The van der Waals surface area contributed by atoms with Gasteiger partial charge in [0.15, 0.2) is 11.5 Å². The molecule has 0 unspecified atom stereocenters. The summed E-state index contributed by atoms with van der Waals surface area (Å²) in [5.74, 6) is -6.70. The van der Waals surface area contributed by atoms with Crippen LogP contribution in [0, 0.1) is 0 Å². The maximum Gasteiger partial charge on any atom is 0.289 e. The lowest BCUT2D eigenvalue weighted by Gasteiger charge is -2.23. The Hall–Kier alpha value is -3.77. The van der Waals surface area contributed by atoms with Crippen LogP contribution in [-0.2, 0) is 30.5 Å². The SMILES string of the molecule is COc1ccc(CNC(=O)C(=O)[C@@H]2CC(F)(F)CN2C(=O)CNC(=O)[C@@H]2CCC(=O)N2)cc1OC. The summed E-state index contributed by atoms with van der Waals surface area (Å²) in [7, 11) is 2.89. The molecule has 0 spiro atoms. The summed E-state index contributed by atoms with van der Waals surface area (Å²) in [6, 6.07) is 2.33. The highest BCUT2D eigenvalue weighted by molar-refractivity contribution is 6.38. The predicted molar refractivity (Wildman–Crippen MR) is 116 cm³/mol. The van der Waals surface area contributed by atoms with Crippen molar-refractivity contribution < 1.29 is 42.2 Å². The molecule has 0 aliphatic carbocycles. The van der Waals surface area contributed by atoms with Crippen LogP contribution >= 0.6 is 0 Å². The van der Waals surface area contributed by atoms with Crippen LogP contribution in [0.15, 0.2) is 18.2 Å². The first-order chi connectivity index (χ1) is 16.5. The minimum atomic E-state index is -3.37. The molecule has 2 atom stereocenters. The van der Waals surface area contributed by atoms with Crippen molar-refractivity contribution in [3.8, 4) is 11.5 Å². The molecule has 2 saturated heterocycles. The Morgan fingerprint density at radius 3 is 2.49 bits per heavy atom. The van der Waals surface area contributed by atoms with Crippen LogP contribution in [0.25, 0.3) is 0 Å². The van der Waals surface area contributed by atoms with Gasteiger partial charge in [0, 0.05) is 19.4 Å². The monoisotopic (exact) mass is 496 g/mol. The van der Waals surface area contributed by atoms with Gasteiger partial charge in [-0.25, -0.2) is 8.78 Å². The normalized spacial score (nSPS) is 20.7. The summed E-state index contributed by atoms with van der Waals surface area (Å²) in [5, 5.41) is 7.07. The average molecular weight is 496 g/mol. The van der Waals surface area contributed by atoms with Crippen molar-refractivity contribution in [2.45, 2.75) is 43.8 Å². The first-order valence-electron chi connectivity index (χ1n) is 10.8. The van der Waals surface area contributed by atoms with Gasteiger partial charge in [0.25, 0.3) is 11.8 Å². The molecular weight excluding hydrogens is 470 g/mol. The topological polar surface area (TPSA) is 143 Å². The lowest BCUT2D eigenvalue weighted by molar-refractivity contribution is -0.144. The number of benzene rings is 1. The quantitative estimate of drug-likeness (QED) is 0.392. The van der Waals surface area contributed by atoms with Gasteiger partial charge in [-0.05, 0) is 24.1 Å². The van der Waals surface area contributed by atoms with E-state index >= 15 is 0 Å². The zero-order chi connectivity index (χ0) is 25.8. The van der Waals surface area contributed by atoms with Gasteiger partial charge >= 0.3 is 0 Å². The Morgan fingerprint density at radius 1 is 1.14 bits per heavy atom. The summed E-state index contributed by atoms with van der Waals surface area (Å²) < 4.78 is 38.5. The van der Waals surface area contributed by atoms with E-state index < -0.39 is 61.0 Å². The van der Waals surface area contributed by atoms with Crippen molar-refractivity contribution >= 4 is 29.4 Å². The highest BCUT2D eigenvalue weighted by Gasteiger charge is 2.51. The van der Waals surface area contributed by atoms with E-state index in [9.17, 15) is 32.8 Å². The van der Waals surface area contributed by atoms with Gasteiger partial charge in [-0.2, -0.15) is 0 Å². The minimum Gasteiger partial charge on any atom is -0.493 e. The fourth-order valence-corrected chi connectivity index (χ4v) is 3.92. The van der Waals surface area contributed by atoms with E-state index in [0.717, 1.165) is 0 Å². The van der Waals surface area contributed by atoms with Gasteiger partial charge in [0.05, 0.1) is 27.3 Å². The molecule has 4 amide bonds. The van der Waals surface area contributed by atoms with Crippen LogP contribution in [0.5, 0.6) is 11.5 Å². The van der Waals surface area contributed by atoms with Crippen molar-refractivity contribution in [1.82, 2.24) is 20.9 Å². The molecule has 35 heavy (non-hydrogen) atoms. The number of hydrogen-bond donors (Lipinski definition) is 3. The number of carbonyl (C=O) groups is 5. The molecule has 3 rings (SSSR count). The first-order valence-corrected chi connectivity index (χ1v) is 10.8. The van der Waals surface area contributed by atoms with E-state index in [1.165, 1.54) is 14.2 Å². The largest absolute Gasteiger partial charge is 0.493 e. The van der Waals surface area contributed by atoms with E-state index in [4.69, 9.17) is 9.47 Å². The van der Waals surface area contributed by atoms with Crippen LogP contribution in [0.4, 0.5) is 8.78 Å². The molecule has 3 N–H and O–H groups in total. The maximum absolute atomic E-state index is 14.1. The van der Waals surface area contributed by atoms with E-state index in [0.29, 0.717) is 22.0 Å². The molecule has 0 bridgehead atoms. The second kappa shape index (κ2) is 10.7. The number of alkyl halides is 2. The summed E-state index contributed by atoms with van der Waals surface area (Å²) in [5.41, 5.74) is 0.565. The van der Waals surface area contributed by atoms with E-state index in [-0.39, 0.29) is 25.3 Å². The van der Waals surface area contributed by atoms with Crippen LogP contribution < -0.4 is 25.4 Å². The van der Waals surface area contributed by atoms with Gasteiger partial charge in [0.1, 0.15) is 12.1 Å². The number of ketones is 1. The second-order valence-corrected chi connectivity index (χ2v) is 8.21. The third-order valence-electron chi connectivity index (χ3n) is 5.74. The number of Topliss-reactive ketones (excluding diaryl/α,β-unsaturated/α-hetero) is 1.